The van der Waals surface area contributed by atoms with Crippen molar-refractivity contribution >= 4 is 23.1 Å². The molecule has 0 bridgehead atoms. The van der Waals surface area contributed by atoms with Crippen molar-refractivity contribution in [2.45, 2.75) is 40.7 Å². The van der Waals surface area contributed by atoms with Crippen LogP contribution in [0.2, 0.25) is 0 Å². The van der Waals surface area contributed by atoms with E-state index in [1.54, 1.807) is 0 Å². The molecule has 0 saturated carbocycles. The first kappa shape index (κ1) is 20.1. The number of aromatic nitrogens is 1. The zero-order chi connectivity index (χ0) is 20.3. The number of hydrogen-bond acceptors (Lipinski definition) is 4. The molecule has 0 amide bonds. The molecule has 3 rings (SSSR count). The molecule has 146 valence electrons. The van der Waals surface area contributed by atoms with Gasteiger partial charge in [0.25, 0.3) is 0 Å². The molecule has 0 spiro atoms. The first-order chi connectivity index (χ1) is 13.4. The Morgan fingerprint density at radius 3 is 2.43 bits per heavy atom. The summed E-state index contributed by atoms with van der Waals surface area (Å²) < 4.78 is 7.40. The predicted molar refractivity (Wildman–Crippen MR) is 112 cm³/mol. The van der Waals surface area contributed by atoms with E-state index in [4.69, 9.17) is 4.74 Å². The van der Waals surface area contributed by atoms with Crippen molar-refractivity contribution in [3.8, 4) is 0 Å². The Bertz CT molecular complexity index is 999. The Morgan fingerprint density at radius 2 is 1.79 bits per heavy atom. The minimum Gasteiger partial charge on any atom is -0.453 e. The summed E-state index contributed by atoms with van der Waals surface area (Å²) in [5, 5.41) is 0. The summed E-state index contributed by atoms with van der Waals surface area (Å²) in [7, 11) is 0. The smallest absolute Gasteiger partial charge is 0.348 e. The molecule has 0 saturated heterocycles. The number of benzene rings is 1. The van der Waals surface area contributed by atoms with Gasteiger partial charge in [-0.25, -0.2) is 4.79 Å². The molecule has 0 aliphatic heterocycles. The third-order valence-corrected chi connectivity index (χ3v) is 6.30. The maximum Gasteiger partial charge on any atom is 0.348 e. The van der Waals surface area contributed by atoms with Crippen molar-refractivity contribution < 1.29 is 14.3 Å². The van der Waals surface area contributed by atoms with E-state index in [1.807, 2.05) is 51.1 Å². The summed E-state index contributed by atoms with van der Waals surface area (Å²) in [6.07, 6.45) is 0.885. The number of Topliss-reactive ketones (excluding diaryl/α,β-unsaturated/α-hetero) is 1. The Balaban J connectivity index is 1.69. The summed E-state index contributed by atoms with van der Waals surface area (Å²) in [5.74, 6) is -0.607. The van der Waals surface area contributed by atoms with Crippen molar-refractivity contribution in [3.63, 3.8) is 0 Å². The average molecular weight is 396 g/mol. The molecule has 4 nitrogen and oxygen atoms in total. The van der Waals surface area contributed by atoms with E-state index in [2.05, 4.69) is 23.6 Å². The highest BCUT2D eigenvalue weighted by Gasteiger charge is 2.19. The fraction of sp³-hybridized carbons (Fsp3) is 0.304. The van der Waals surface area contributed by atoms with Gasteiger partial charge in [0, 0.05) is 28.4 Å². The van der Waals surface area contributed by atoms with Crippen LogP contribution < -0.4 is 0 Å². The van der Waals surface area contributed by atoms with Gasteiger partial charge < -0.3 is 9.30 Å². The second-order valence-corrected chi connectivity index (χ2v) is 8.06. The minimum absolute atomic E-state index is 0.176. The zero-order valence-corrected chi connectivity index (χ0v) is 17.6. The van der Waals surface area contributed by atoms with Crippen LogP contribution in [0.4, 0.5) is 0 Å². The van der Waals surface area contributed by atoms with Gasteiger partial charge in [-0.05, 0) is 50.5 Å². The molecule has 2 aromatic heterocycles. The highest BCUT2D eigenvalue weighted by molar-refractivity contribution is 7.14. The molecule has 0 fully saturated rings. The van der Waals surface area contributed by atoms with Crippen LogP contribution >= 0.6 is 11.3 Å². The van der Waals surface area contributed by atoms with Gasteiger partial charge in [-0.1, -0.05) is 37.3 Å². The van der Waals surface area contributed by atoms with E-state index in [1.165, 1.54) is 21.8 Å². The number of rotatable bonds is 7. The molecule has 2 heterocycles. The topological polar surface area (TPSA) is 48.3 Å². The van der Waals surface area contributed by atoms with E-state index in [-0.39, 0.29) is 12.4 Å². The van der Waals surface area contributed by atoms with Crippen molar-refractivity contribution in [3.05, 3.63) is 80.3 Å². The Morgan fingerprint density at radius 1 is 1.07 bits per heavy atom. The summed E-state index contributed by atoms with van der Waals surface area (Å²) in [6.45, 7) is 8.43. The Kier molecular flexibility index (Phi) is 6.15. The average Bonchev–Trinajstić information content (AvgIpc) is 3.21. The number of carbonyl (C=O) groups excluding carboxylic acids is 2. The first-order valence-corrected chi connectivity index (χ1v) is 10.2. The van der Waals surface area contributed by atoms with Gasteiger partial charge in [0.05, 0.1) is 0 Å². The maximum absolute atomic E-state index is 12.7. The highest BCUT2D eigenvalue weighted by Crippen LogP contribution is 2.23. The van der Waals surface area contributed by atoms with Gasteiger partial charge in [0.2, 0.25) is 5.78 Å². The van der Waals surface area contributed by atoms with Gasteiger partial charge in [0.15, 0.2) is 6.61 Å². The van der Waals surface area contributed by atoms with Crippen LogP contribution in [0.15, 0.2) is 42.5 Å². The largest absolute Gasteiger partial charge is 0.453 e. The third-order valence-electron chi connectivity index (χ3n) is 4.93. The molecule has 0 N–H and O–H groups in total. The third kappa shape index (κ3) is 4.25. The quantitative estimate of drug-likeness (QED) is 0.412. The summed E-state index contributed by atoms with van der Waals surface area (Å²) in [6, 6.07) is 13.8. The molecule has 3 aromatic rings. The molecule has 0 aliphatic rings. The minimum atomic E-state index is -0.431. The lowest BCUT2D eigenvalue weighted by Crippen LogP contribution is -2.14. The molecular formula is C23H25NO3S. The lowest BCUT2D eigenvalue weighted by Gasteiger charge is -2.10. The summed E-state index contributed by atoms with van der Waals surface area (Å²) in [5.41, 5.74) is 4.78. The van der Waals surface area contributed by atoms with Gasteiger partial charge in [-0.2, -0.15) is 0 Å². The van der Waals surface area contributed by atoms with E-state index >= 15 is 0 Å². The second kappa shape index (κ2) is 8.57. The number of aryl methyl sites for hydroxylation is 3. The van der Waals surface area contributed by atoms with E-state index < -0.39 is 5.97 Å². The summed E-state index contributed by atoms with van der Waals surface area (Å²) in [4.78, 5) is 26.7. The van der Waals surface area contributed by atoms with Gasteiger partial charge in [0.1, 0.15) is 4.88 Å². The molecule has 0 aliphatic carbocycles. The number of ether oxygens (including phenoxy) is 1. The van der Waals surface area contributed by atoms with Crippen molar-refractivity contribution in [1.29, 1.82) is 0 Å². The first-order valence-electron chi connectivity index (χ1n) is 9.41. The highest BCUT2D eigenvalue weighted by atomic mass is 32.1. The lowest BCUT2D eigenvalue weighted by atomic mass is 10.1. The van der Waals surface area contributed by atoms with Crippen LogP contribution in [-0.2, 0) is 17.7 Å². The van der Waals surface area contributed by atoms with Crippen LogP contribution in [-0.4, -0.2) is 22.9 Å². The van der Waals surface area contributed by atoms with Crippen LogP contribution in [0.5, 0.6) is 0 Å². The zero-order valence-electron chi connectivity index (χ0n) is 16.7. The van der Waals surface area contributed by atoms with Crippen LogP contribution in [0.1, 0.15) is 54.3 Å². The standard InChI is InChI=1S/C23H25NO3S/c1-5-21-15(2)11-22(28-21)23(26)27-14-20(25)19-12-16(3)24(17(19)4)13-18-9-7-6-8-10-18/h6-12H,5,13-14H2,1-4H3. The molecular weight excluding hydrogens is 370 g/mol. The molecule has 0 unspecified atom stereocenters. The Hall–Kier alpha value is -2.66. The fourth-order valence-corrected chi connectivity index (χ4v) is 4.35. The molecule has 5 heteroatoms. The summed E-state index contributed by atoms with van der Waals surface area (Å²) >= 11 is 1.44. The van der Waals surface area contributed by atoms with E-state index in [0.29, 0.717) is 17.0 Å². The number of ketones is 1. The van der Waals surface area contributed by atoms with Gasteiger partial charge in [-0.15, -0.1) is 11.3 Å². The SMILES string of the molecule is CCc1sc(C(=O)OCC(=O)c2cc(C)n(Cc3ccccc3)c2C)cc1C. The van der Waals surface area contributed by atoms with E-state index in [9.17, 15) is 9.59 Å². The van der Waals surface area contributed by atoms with Gasteiger partial charge >= 0.3 is 5.97 Å². The normalized spacial score (nSPS) is 10.9. The second-order valence-electron chi connectivity index (χ2n) is 6.93. The van der Waals surface area contributed by atoms with Crippen LogP contribution in [0.3, 0.4) is 0 Å². The van der Waals surface area contributed by atoms with Gasteiger partial charge in [-0.3, -0.25) is 4.79 Å². The molecule has 1 aromatic carbocycles. The Labute approximate surface area is 169 Å². The van der Waals surface area contributed by atoms with Crippen LogP contribution in [0.25, 0.3) is 0 Å². The predicted octanol–water partition coefficient (Wildman–Crippen LogP) is 5.13. The number of nitrogens with zero attached hydrogens (tertiary/aromatic N) is 1. The monoisotopic (exact) mass is 395 g/mol. The maximum atomic E-state index is 12.7. The molecule has 0 atom stereocenters. The van der Waals surface area contributed by atoms with Crippen molar-refractivity contribution in [2.75, 3.05) is 6.61 Å². The lowest BCUT2D eigenvalue weighted by molar-refractivity contribution is 0.0479. The number of hydrogen-bond donors (Lipinski definition) is 0. The number of carbonyl (C=O) groups is 2. The number of thiophene rings is 1. The number of esters is 1. The van der Waals surface area contributed by atoms with Crippen molar-refractivity contribution in [2.24, 2.45) is 0 Å². The van der Waals surface area contributed by atoms with Crippen molar-refractivity contribution in [1.82, 2.24) is 4.57 Å². The molecule has 28 heavy (non-hydrogen) atoms. The van der Waals surface area contributed by atoms with E-state index in [0.717, 1.165) is 23.4 Å². The fourth-order valence-electron chi connectivity index (χ4n) is 3.34. The molecule has 0 radical (unpaired) electrons. The van der Waals surface area contributed by atoms with Crippen LogP contribution in [0, 0.1) is 20.8 Å².